The molecular formula is C17H14FN3O4S. The van der Waals surface area contributed by atoms with E-state index in [2.05, 4.69) is 10.4 Å². The maximum absolute atomic E-state index is 13.2. The Hall–Kier alpha value is -3.07. The predicted molar refractivity (Wildman–Crippen MR) is 95.4 cm³/mol. The van der Waals surface area contributed by atoms with Gasteiger partial charge in [0.15, 0.2) is 5.69 Å². The first-order chi connectivity index (χ1) is 12.4. The van der Waals surface area contributed by atoms with E-state index >= 15 is 0 Å². The summed E-state index contributed by atoms with van der Waals surface area (Å²) in [5, 5.41) is 9.00. The summed E-state index contributed by atoms with van der Waals surface area (Å²) in [5.74, 6) is -1.51. The molecule has 3 aromatic rings. The van der Waals surface area contributed by atoms with Gasteiger partial charge in [0, 0.05) is 17.7 Å². The van der Waals surface area contributed by atoms with Crippen LogP contribution in [-0.4, -0.2) is 28.3 Å². The molecule has 0 saturated carbocycles. The van der Waals surface area contributed by atoms with Crippen LogP contribution >= 0.6 is 11.3 Å². The molecule has 0 aliphatic rings. The van der Waals surface area contributed by atoms with Crippen molar-refractivity contribution in [2.75, 3.05) is 11.9 Å². The van der Waals surface area contributed by atoms with Crippen molar-refractivity contribution in [3.8, 4) is 5.69 Å². The molecule has 0 atom stereocenters. The lowest BCUT2D eigenvalue weighted by Gasteiger charge is -2.09. The second kappa shape index (κ2) is 7.04. The number of hydrogen-bond donors (Lipinski definition) is 1. The Morgan fingerprint density at radius 1 is 1.31 bits per heavy atom. The van der Waals surface area contributed by atoms with Crippen LogP contribution in [0, 0.1) is 5.82 Å². The van der Waals surface area contributed by atoms with Crippen molar-refractivity contribution in [2.24, 2.45) is 0 Å². The largest absolute Gasteiger partial charge is 0.461 e. The van der Waals surface area contributed by atoms with E-state index in [9.17, 15) is 18.8 Å². The molecule has 0 radical (unpaired) electrons. The second-order valence-electron chi connectivity index (χ2n) is 5.30. The molecule has 3 rings (SSSR count). The van der Waals surface area contributed by atoms with Gasteiger partial charge in [0.25, 0.3) is 5.56 Å². The lowest BCUT2D eigenvalue weighted by Crippen LogP contribution is -2.25. The number of esters is 1. The summed E-state index contributed by atoms with van der Waals surface area (Å²) in [7, 11) is 0. The van der Waals surface area contributed by atoms with Gasteiger partial charge < -0.3 is 10.1 Å². The fourth-order valence-electron chi connectivity index (χ4n) is 2.41. The SMILES string of the molecule is CCOC(=O)c1nn(-c2ccc(F)cc2)c(=O)c2c(NC(C)=O)scc12. The summed E-state index contributed by atoms with van der Waals surface area (Å²) >= 11 is 1.11. The Balaban J connectivity index is 2.32. The number of nitrogens with one attached hydrogen (secondary N) is 1. The summed E-state index contributed by atoms with van der Waals surface area (Å²) in [6.07, 6.45) is 0. The summed E-state index contributed by atoms with van der Waals surface area (Å²) < 4.78 is 19.2. The van der Waals surface area contributed by atoms with Crippen molar-refractivity contribution in [1.29, 1.82) is 0 Å². The minimum absolute atomic E-state index is 0.0568. The fraction of sp³-hybridized carbons (Fsp3) is 0.176. The number of nitrogens with zero attached hydrogens (tertiary/aromatic N) is 2. The highest BCUT2D eigenvalue weighted by Gasteiger charge is 2.22. The molecule has 1 amide bonds. The number of carbonyl (C=O) groups is 2. The van der Waals surface area contributed by atoms with Crippen molar-refractivity contribution in [3.05, 3.63) is 51.5 Å². The van der Waals surface area contributed by atoms with E-state index in [0.29, 0.717) is 10.4 Å². The van der Waals surface area contributed by atoms with Gasteiger partial charge in [0.05, 0.1) is 17.7 Å². The van der Waals surface area contributed by atoms with E-state index in [1.807, 2.05) is 0 Å². The van der Waals surface area contributed by atoms with Crippen LogP contribution in [0.3, 0.4) is 0 Å². The minimum Gasteiger partial charge on any atom is -0.461 e. The van der Waals surface area contributed by atoms with E-state index in [1.54, 1.807) is 12.3 Å². The minimum atomic E-state index is -0.694. The third-order valence-electron chi connectivity index (χ3n) is 3.48. The van der Waals surface area contributed by atoms with Gasteiger partial charge in [-0.25, -0.2) is 9.18 Å². The number of rotatable bonds is 4. The molecule has 134 valence electrons. The number of halogens is 1. The monoisotopic (exact) mass is 375 g/mol. The molecule has 0 unspecified atom stereocenters. The average molecular weight is 375 g/mol. The molecule has 7 nitrogen and oxygen atoms in total. The van der Waals surface area contributed by atoms with Gasteiger partial charge in [-0.1, -0.05) is 0 Å². The third kappa shape index (κ3) is 3.21. The second-order valence-corrected chi connectivity index (χ2v) is 6.18. The molecule has 9 heteroatoms. The molecular weight excluding hydrogens is 361 g/mol. The van der Waals surface area contributed by atoms with Crippen molar-refractivity contribution < 1.29 is 18.7 Å². The standard InChI is InChI=1S/C17H14FN3O4S/c1-3-25-17(24)14-12-8-26-15(19-9(2)22)13(12)16(23)21(20-14)11-6-4-10(18)5-7-11/h4-8H,3H2,1-2H3,(H,19,22). The van der Waals surface area contributed by atoms with Crippen molar-refractivity contribution in [2.45, 2.75) is 13.8 Å². The van der Waals surface area contributed by atoms with Gasteiger partial charge >= 0.3 is 5.97 Å². The van der Waals surface area contributed by atoms with Gasteiger partial charge in [-0.15, -0.1) is 11.3 Å². The zero-order valence-electron chi connectivity index (χ0n) is 13.9. The summed E-state index contributed by atoms with van der Waals surface area (Å²) in [6, 6.07) is 5.10. The predicted octanol–water partition coefficient (Wildman–Crippen LogP) is 2.72. The molecule has 1 aromatic carbocycles. The number of amides is 1. The summed E-state index contributed by atoms with van der Waals surface area (Å²) in [5.41, 5.74) is -0.313. The molecule has 0 bridgehead atoms. The highest BCUT2D eigenvalue weighted by Crippen LogP contribution is 2.30. The lowest BCUT2D eigenvalue weighted by atomic mass is 10.2. The van der Waals surface area contributed by atoms with E-state index in [4.69, 9.17) is 4.74 Å². The number of anilines is 1. The third-order valence-corrected chi connectivity index (χ3v) is 4.38. The summed E-state index contributed by atoms with van der Waals surface area (Å²) in [4.78, 5) is 36.6. The van der Waals surface area contributed by atoms with Gasteiger partial charge in [-0.3, -0.25) is 9.59 Å². The highest BCUT2D eigenvalue weighted by molar-refractivity contribution is 7.16. The number of hydrogen-bond acceptors (Lipinski definition) is 6. The van der Waals surface area contributed by atoms with E-state index in [1.165, 1.54) is 31.2 Å². The first kappa shape index (κ1) is 17.7. The molecule has 2 heterocycles. The number of fused-ring (bicyclic) bond motifs is 1. The van der Waals surface area contributed by atoms with Gasteiger partial charge in [0.2, 0.25) is 5.91 Å². The molecule has 2 aromatic heterocycles. The average Bonchev–Trinajstić information content (AvgIpc) is 3.00. The van der Waals surface area contributed by atoms with E-state index in [-0.39, 0.29) is 29.3 Å². The quantitative estimate of drug-likeness (QED) is 0.708. The molecule has 0 saturated heterocycles. The normalized spacial score (nSPS) is 10.7. The van der Waals surface area contributed by atoms with E-state index < -0.39 is 17.3 Å². The Morgan fingerprint density at radius 3 is 2.62 bits per heavy atom. The molecule has 0 fully saturated rings. The molecule has 0 aliphatic carbocycles. The first-order valence-corrected chi connectivity index (χ1v) is 8.55. The Morgan fingerprint density at radius 2 is 2.00 bits per heavy atom. The van der Waals surface area contributed by atoms with Gasteiger partial charge in [-0.05, 0) is 31.2 Å². The smallest absolute Gasteiger partial charge is 0.359 e. The summed E-state index contributed by atoms with van der Waals surface area (Å²) in [6.45, 7) is 3.11. The van der Waals surface area contributed by atoms with Gasteiger partial charge in [0.1, 0.15) is 10.8 Å². The Bertz CT molecular complexity index is 1060. The number of benzene rings is 1. The topological polar surface area (TPSA) is 90.3 Å². The van der Waals surface area contributed by atoms with E-state index in [0.717, 1.165) is 16.0 Å². The zero-order chi connectivity index (χ0) is 18.8. The van der Waals surface area contributed by atoms with Crippen LogP contribution in [0.2, 0.25) is 0 Å². The Labute approximate surface area is 151 Å². The van der Waals surface area contributed by atoms with Gasteiger partial charge in [-0.2, -0.15) is 9.78 Å². The maximum Gasteiger partial charge on any atom is 0.359 e. The Kier molecular flexibility index (Phi) is 4.81. The number of aromatic nitrogens is 2. The molecule has 1 N–H and O–H groups in total. The fourth-order valence-corrected chi connectivity index (χ4v) is 3.39. The van der Waals surface area contributed by atoms with Crippen LogP contribution in [0.5, 0.6) is 0 Å². The zero-order valence-corrected chi connectivity index (χ0v) is 14.7. The van der Waals surface area contributed by atoms with Crippen LogP contribution in [0.25, 0.3) is 16.5 Å². The number of ether oxygens (including phenoxy) is 1. The molecule has 0 spiro atoms. The van der Waals surface area contributed by atoms with Crippen molar-refractivity contribution in [1.82, 2.24) is 9.78 Å². The van der Waals surface area contributed by atoms with Crippen molar-refractivity contribution in [3.63, 3.8) is 0 Å². The maximum atomic E-state index is 13.2. The molecule has 0 aliphatic heterocycles. The highest BCUT2D eigenvalue weighted by atomic mass is 32.1. The first-order valence-electron chi connectivity index (χ1n) is 7.67. The number of thiophene rings is 1. The van der Waals surface area contributed by atoms with Crippen LogP contribution in [-0.2, 0) is 9.53 Å². The number of carbonyl (C=O) groups excluding carboxylic acids is 2. The van der Waals surface area contributed by atoms with Crippen LogP contribution < -0.4 is 10.9 Å². The van der Waals surface area contributed by atoms with Crippen LogP contribution in [0.1, 0.15) is 24.3 Å². The van der Waals surface area contributed by atoms with Crippen molar-refractivity contribution >= 4 is 39.0 Å². The van der Waals surface area contributed by atoms with Crippen LogP contribution in [0.15, 0.2) is 34.4 Å². The van der Waals surface area contributed by atoms with Crippen LogP contribution in [0.4, 0.5) is 9.39 Å². The molecule has 26 heavy (non-hydrogen) atoms. The lowest BCUT2D eigenvalue weighted by molar-refractivity contribution is -0.114.